The van der Waals surface area contributed by atoms with Gasteiger partial charge in [0, 0.05) is 24.8 Å². The number of hydrogen-bond acceptors (Lipinski definition) is 7. The molecule has 0 unspecified atom stereocenters. The lowest BCUT2D eigenvalue weighted by atomic mass is 10.0. The van der Waals surface area contributed by atoms with Crippen molar-refractivity contribution < 1.29 is 37.4 Å². The molecule has 1 atom stereocenters. The number of imidazole rings is 1. The van der Waals surface area contributed by atoms with Gasteiger partial charge in [0.25, 0.3) is 0 Å². The molecule has 5 rings (SSSR count). The Morgan fingerprint density at radius 1 is 1.15 bits per heavy atom. The number of esters is 1. The number of fused-ring (bicyclic) bond motifs is 1. The van der Waals surface area contributed by atoms with Gasteiger partial charge in [-0.1, -0.05) is 0 Å². The zero-order valence-corrected chi connectivity index (χ0v) is 21.8. The molecular weight excluding hydrogens is 514 g/mol. The monoisotopic (exact) mass is 542 g/mol. The highest BCUT2D eigenvalue weighted by atomic mass is 19.1. The summed E-state index contributed by atoms with van der Waals surface area (Å²) < 4.78 is 48.2. The van der Waals surface area contributed by atoms with Crippen LogP contribution >= 0.6 is 0 Å². The summed E-state index contributed by atoms with van der Waals surface area (Å²) in [5, 5.41) is 2.44. The van der Waals surface area contributed by atoms with Crippen molar-refractivity contribution >= 4 is 29.3 Å². The SMILES string of the molecule is COC(=O)N1CCO[C@@H](Cc2c(-c3c(F)cc(NC(=O)C4(C(=O)OC)CC4)cc3F)nc3cc(C)ccn23)C1. The Labute approximate surface area is 222 Å². The Morgan fingerprint density at radius 3 is 2.51 bits per heavy atom. The summed E-state index contributed by atoms with van der Waals surface area (Å²) in [6.07, 6.45) is 1.64. The zero-order valence-electron chi connectivity index (χ0n) is 21.8. The lowest BCUT2D eigenvalue weighted by Crippen LogP contribution is -2.46. The van der Waals surface area contributed by atoms with Gasteiger partial charge < -0.3 is 28.8 Å². The number of morpholine rings is 1. The fourth-order valence-corrected chi connectivity index (χ4v) is 4.91. The maximum Gasteiger partial charge on any atom is 0.409 e. The molecule has 1 saturated carbocycles. The van der Waals surface area contributed by atoms with E-state index in [2.05, 4.69) is 10.3 Å². The molecule has 1 aliphatic heterocycles. The molecule has 2 aromatic heterocycles. The number of benzene rings is 1. The molecule has 12 heteroatoms. The maximum atomic E-state index is 15.5. The van der Waals surface area contributed by atoms with E-state index in [4.69, 9.17) is 14.2 Å². The predicted molar refractivity (Wildman–Crippen MR) is 135 cm³/mol. The van der Waals surface area contributed by atoms with Crippen LogP contribution in [0.4, 0.5) is 19.3 Å². The first-order chi connectivity index (χ1) is 18.7. The normalized spacial score (nSPS) is 18.1. The topological polar surface area (TPSA) is 111 Å². The third-order valence-corrected chi connectivity index (χ3v) is 7.17. The third-order valence-electron chi connectivity index (χ3n) is 7.17. The molecule has 3 aromatic rings. The van der Waals surface area contributed by atoms with E-state index >= 15 is 8.78 Å². The van der Waals surface area contributed by atoms with Crippen molar-refractivity contribution in [2.75, 3.05) is 39.2 Å². The summed E-state index contributed by atoms with van der Waals surface area (Å²) in [5.41, 5.74) is 0.170. The lowest BCUT2D eigenvalue weighted by molar-refractivity contribution is -0.150. The van der Waals surface area contributed by atoms with E-state index in [0.717, 1.165) is 17.7 Å². The third kappa shape index (κ3) is 4.91. The minimum absolute atomic E-state index is 0.0838. The molecule has 39 heavy (non-hydrogen) atoms. The number of rotatable bonds is 6. The lowest BCUT2D eigenvalue weighted by Gasteiger charge is -2.32. The molecular formula is C27H28F2N4O6. The van der Waals surface area contributed by atoms with Crippen molar-refractivity contribution in [3.63, 3.8) is 0 Å². The van der Waals surface area contributed by atoms with Crippen molar-refractivity contribution in [1.82, 2.24) is 14.3 Å². The summed E-state index contributed by atoms with van der Waals surface area (Å²) >= 11 is 0. The second-order valence-electron chi connectivity index (χ2n) is 9.80. The van der Waals surface area contributed by atoms with Crippen molar-refractivity contribution in [1.29, 1.82) is 0 Å². The van der Waals surface area contributed by atoms with Crippen LogP contribution in [0.15, 0.2) is 30.5 Å². The Kier molecular flexibility index (Phi) is 6.98. The summed E-state index contributed by atoms with van der Waals surface area (Å²) in [6.45, 7) is 2.78. The van der Waals surface area contributed by atoms with E-state index in [1.165, 1.54) is 19.1 Å². The summed E-state index contributed by atoms with van der Waals surface area (Å²) in [7, 11) is 2.48. The number of methoxy groups -OCH3 is 2. The average molecular weight is 543 g/mol. The molecule has 2 amide bonds. The van der Waals surface area contributed by atoms with Crippen LogP contribution in [0, 0.1) is 24.0 Å². The molecule has 1 aliphatic carbocycles. The van der Waals surface area contributed by atoms with Gasteiger partial charge in [-0.3, -0.25) is 9.59 Å². The van der Waals surface area contributed by atoms with E-state index in [-0.39, 0.29) is 36.5 Å². The molecule has 0 bridgehead atoms. The highest BCUT2D eigenvalue weighted by Crippen LogP contribution is 2.47. The fraction of sp³-hybridized carbons (Fsp3) is 0.407. The van der Waals surface area contributed by atoms with E-state index in [9.17, 15) is 14.4 Å². The van der Waals surface area contributed by atoms with Crippen LogP contribution in [0.3, 0.4) is 0 Å². The Morgan fingerprint density at radius 2 is 1.87 bits per heavy atom. The van der Waals surface area contributed by atoms with E-state index < -0.39 is 41.1 Å². The smallest absolute Gasteiger partial charge is 0.409 e. The van der Waals surface area contributed by atoms with Crippen LogP contribution < -0.4 is 5.32 Å². The van der Waals surface area contributed by atoms with Gasteiger partial charge in [0.1, 0.15) is 22.7 Å². The Hall–Kier alpha value is -4.06. The molecule has 1 aromatic carbocycles. The van der Waals surface area contributed by atoms with Crippen molar-refractivity contribution in [3.05, 3.63) is 53.4 Å². The highest BCUT2D eigenvalue weighted by Gasteiger charge is 2.57. The molecule has 206 valence electrons. The van der Waals surface area contributed by atoms with Crippen molar-refractivity contribution in [2.24, 2.45) is 5.41 Å². The van der Waals surface area contributed by atoms with E-state index in [1.807, 2.05) is 13.0 Å². The number of amides is 2. The number of pyridine rings is 1. The van der Waals surface area contributed by atoms with Gasteiger partial charge in [0.2, 0.25) is 5.91 Å². The molecule has 3 heterocycles. The minimum atomic E-state index is -1.33. The number of aryl methyl sites for hydroxylation is 1. The average Bonchev–Trinajstić information content (AvgIpc) is 3.66. The molecule has 1 saturated heterocycles. The van der Waals surface area contributed by atoms with Crippen LogP contribution in [0.1, 0.15) is 24.1 Å². The van der Waals surface area contributed by atoms with Crippen LogP contribution in [0.5, 0.6) is 0 Å². The Bertz CT molecular complexity index is 1440. The first kappa shape index (κ1) is 26.5. The fourth-order valence-electron chi connectivity index (χ4n) is 4.91. The molecule has 10 nitrogen and oxygen atoms in total. The van der Waals surface area contributed by atoms with Crippen LogP contribution in [-0.2, 0) is 30.2 Å². The van der Waals surface area contributed by atoms with Gasteiger partial charge in [0.15, 0.2) is 0 Å². The van der Waals surface area contributed by atoms with Crippen molar-refractivity contribution in [3.8, 4) is 11.3 Å². The highest BCUT2D eigenvalue weighted by molar-refractivity contribution is 6.11. The van der Waals surface area contributed by atoms with Gasteiger partial charge >= 0.3 is 12.1 Å². The van der Waals surface area contributed by atoms with Crippen LogP contribution in [0.2, 0.25) is 0 Å². The molecule has 1 N–H and O–H groups in total. The number of carbonyl (C=O) groups excluding carboxylic acids is 3. The standard InChI is InChI=1S/C27H28F2N4O6/c1-15-4-7-33-20(13-17-14-32(8-9-39-17)26(36)38-3)23(31-21(33)10-15)22-18(28)11-16(12-19(22)29)30-24(34)27(5-6-27)25(35)37-2/h4,7,10-12,17H,5-6,8-9,13-14H2,1-3H3,(H,30,34)/t17-/m0/s1. The molecule has 0 spiro atoms. The maximum absolute atomic E-state index is 15.5. The first-order valence-electron chi connectivity index (χ1n) is 12.5. The van der Waals surface area contributed by atoms with Crippen LogP contribution in [-0.4, -0.2) is 72.3 Å². The number of hydrogen-bond donors (Lipinski definition) is 1. The van der Waals surface area contributed by atoms with E-state index in [1.54, 1.807) is 16.7 Å². The molecule has 2 fully saturated rings. The predicted octanol–water partition coefficient (Wildman–Crippen LogP) is 3.49. The number of ether oxygens (including phenoxy) is 3. The van der Waals surface area contributed by atoms with Crippen LogP contribution in [0.25, 0.3) is 16.9 Å². The second kappa shape index (κ2) is 10.3. The first-order valence-corrected chi connectivity index (χ1v) is 12.5. The summed E-state index contributed by atoms with van der Waals surface area (Å²) in [6, 6.07) is 5.64. The van der Waals surface area contributed by atoms with Crippen molar-refractivity contribution in [2.45, 2.75) is 32.3 Å². The Balaban J connectivity index is 1.49. The number of anilines is 1. The summed E-state index contributed by atoms with van der Waals surface area (Å²) in [4.78, 5) is 42.8. The molecule has 0 radical (unpaired) electrons. The number of nitrogens with zero attached hydrogens (tertiary/aromatic N) is 3. The van der Waals surface area contributed by atoms with Gasteiger partial charge in [-0.2, -0.15) is 0 Å². The van der Waals surface area contributed by atoms with Gasteiger partial charge in [-0.15, -0.1) is 0 Å². The number of halogens is 2. The zero-order chi connectivity index (χ0) is 27.9. The number of carbonyl (C=O) groups is 3. The number of nitrogens with one attached hydrogen (secondary N) is 1. The minimum Gasteiger partial charge on any atom is -0.468 e. The second-order valence-corrected chi connectivity index (χ2v) is 9.80. The summed E-state index contributed by atoms with van der Waals surface area (Å²) in [5.74, 6) is -3.22. The van der Waals surface area contributed by atoms with E-state index in [0.29, 0.717) is 30.7 Å². The van der Waals surface area contributed by atoms with Gasteiger partial charge in [-0.25, -0.2) is 18.6 Å². The quantitative estimate of drug-likeness (QED) is 0.375. The number of aromatic nitrogens is 2. The van der Waals surface area contributed by atoms with Gasteiger partial charge in [-0.05, 0) is 49.6 Å². The molecule has 2 aliphatic rings. The van der Waals surface area contributed by atoms with Gasteiger partial charge in [0.05, 0.1) is 50.4 Å². The largest absolute Gasteiger partial charge is 0.468 e.